The van der Waals surface area contributed by atoms with Gasteiger partial charge in [-0.25, -0.2) is 0 Å². The number of hydrogen-bond donors (Lipinski definition) is 1. The maximum atomic E-state index is 6.12. The Hall–Kier alpha value is -2.69. The molecule has 0 aliphatic carbocycles. The summed E-state index contributed by atoms with van der Waals surface area (Å²) < 4.78 is 11.5. The Bertz CT molecular complexity index is 1080. The SMILES string of the molecule is COc1ccc(OC(C)C)c(C2=NC(c3ccc(Cl)cc3)C(c3ccc(Cl)cc3)N2)c1. The number of hydrogen-bond acceptors (Lipinski definition) is 4. The Morgan fingerprint density at radius 2 is 1.48 bits per heavy atom. The lowest BCUT2D eigenvalue weighted by molar-refractivity contribution is 0.241. The highest BCUT2D eigenvalue weighted by atomic mass is 35.5. The molecule has 6 heteroatoms. The van der Waals surface area contributed by atoms with Crippen molar-refractivity contribution in [2.24, 2.45) is 4.99 Å². The maximum absolute atomic E-state index is 6.12. The summed E-state index contributed by atoms with van der Waals surface area (Å²) >= 11 is 12.2. The molecule has 0 saturated heterocycles. The predicted molar refractivity (Wildman–Crippen MR) is 127 cm³/mol. The number of benzene rings is 3. The highest BCUT2D eigenvalue weighted by Gasteiger charge is 2.33. The second-order valence-corrected chi connectivity index (χ2v) is 8.55. The summed E-state index contributed by atoms with van der Waals surface area (Å²) in [5, 5.41) is 5.01. The van der Waals surface area contributed by atoms with E-state index in [1.165, 1.54) is 0 Å². The molecule has 1 aliphatic rings. The van der Waals surface area contributed by atoms with Crippen LogP contribution in [0.5, 0.6) is 11.5 Å². The topological polar surface area (TPSA) is 42.9 Å². The molecule has 1 aliphatic heterocycles. The summed E-state index contributed by atoms with van der Waals surface area (Å²) in [5.74, 6) is 2.26. The van der Waals surface area contributed by atoms with Gasteiger partial charge in [0, 0.05) is 10.0 Å². The van der Waals surface area contributed by atoms with Crippen molar-refractivity contribution in [3.05, 3.63) is 93.5 Å². The third-order valence-corrected chi connectivity index (χ3v) is 5.63. The molecule has 0 spiro atoms. The third kappa shape index (κ3) is 4.81. The largest absolute Gasteiger partial charge is 0.497 e. The summed E-state index contributed by atoms with van der Waals surface area (Å²) in [6.07, 6.45) is 0.0354. The van der Waals surface area contributed by atoms with Crippen molar-refractivity contribution in [1.29, 1.82) is 0 Å². The van der Waals surface area contributed by atoms with Gasteiger partial charge in [-0.3, -0.25) is 4.99 Å². The van der Waals surface area contributed by atoms with Crippen molar-refractivity contribution in [3.63, 3.8) is 0 Å². The summed E-state index contributed by atoms with van der Waals surface area (Å²) in [6, 6.07) is 21.2. The summed E-state index contributed by atoms with van der Waals surface area (Å²) in [4.78, 5) is 5.08. The number of nitrogens with one attached hydrogen (secondary N) is 1. The predicted octanol–water partition coefficient (Wildman–Crippen LogP) is 6.62. The molecule has 3 aromatic rings. The van der Waals surface area contributed by atoms with Crippen LogP contribution in [0.3, 0.4) is 0 Å². The number of ether oxygens (including phenoxy) is 2. The van der Waals surface area contributed by atoms with Crippen LogP contribution in [-0.2, 0) is 0 Å². The monoisotopic (exact) mass is 454 g/mol. The van der Waals surface area contributed by atoms with Crippen molar-refractivity contribution in [1.82, 2.24) is 5.32 Å². The highest BCUT2D eigenvalue weighted by molar-refractivity contribution is 6.30. The van der Waals surface area contributed by atoms with Crippen LogP contribution in [0.25, 0.3) is 0 Å². The third-order valence-electron chi connectivity index (χ3n) is 5.12. The Morgan fingerprint density at radius 3 is 2.06 bits per heavy atom. The standard InChI is InChI=1S/C25H24Cl2N2O2/c1-15(2)31-22-13-12-20(30-3)14-21(22)25-28-23(16-4-8-18(26)9-5-16)24(29-25)17-6-10-19(27)11-7-17/h4-15,23-24H,1-3H3,(H,28,29). The molecule has 3 aromatic carbocycles. The molecule has 2 unspecified atom stereocenters. The lowest BCUT2D eigenvalue weighted by atomic mass is 9.95. The van der Waals surface area contributed by atoms with Gasteiger partial charge in [-0.1, -0.05) is 47.5 Å². The van der Waals surface area contributed by atoms with Gasteiger partial charge in [-0.05, 0) is 67.4 Å². The quantitative estimate of drug-likeness (QED) is 0.454. The second kappa shape index (κ2) is 9.21. The van der Waals surface area contributed by atoms with Crippen LogP contribution in [0.2, 0.25) is 10.0 Å². The summed E-state index contributed by atoms with van der Waals surface area (Å²) in [7, 11) is 1.65. The first-order valence-corrected chi connectivity index (χ1v) is 10.9. The zero-order valence-corrected chi connectivity index (χ0v) is 19.1. The maximum Gasteiger partial charge on any atom is 0.133 e. The van der Waals surface area contributed by atoms with E-state index in [1.807, 2.05) is 80.6 Å². The fourth-order valence-electron chi connectivity index (χ4n) is 3.66. The zero-order valence-electron chi connectivity index (χ0n) is 17.6. The number of aliphatic imine (C=N–C) groups is 1. The zero-order chi connectivity index (χ0) is 22.0. The first-order valence-electron chi connectivity index (χ1n) is 10.1. The molecular formula is C25H24Cl2N2O2. The highest BCUT2D eigenvalue weighted by Crippen LogP contribution is 2.39. The Balaban J connectivity index is 1.79. The van der Waals surface area contributed by atoms with E-state index >= 15 is 0 Å². The average molecular weight is 455 g/mol. The van der Waals surface area contributed by atoms with Crippen molar-refractivity contribution >= 4 is 29.0 Å². The van der Waals surface area contributed by atoms with E-state index in [0.717, 1.165) is 34.0 Å². The van der Waals surface area contributed by atoms with Crippen LogP contribution in [0.1, 0.15) is 42.6 Å². The number of halogens is 2. The molecule has 160 valence electrons. The minimum absolute atomic E-state index is 0.0354. The lowest BCUT2D eigenvalue weighted by Gasteiger charge is -2.20. The molecule has 2 atom stereocenters. The number of nitrogens with zero attached hydrogens (tertiary/aromatic N) is 1. The van der Waals surface area contributed by atoms with E-state index < -0.39 is 0 Å². The number of amidine groups is 1. The molecule has 0 amide bonds. The van der Waals surface area contributed by atoms with Crippen LogP contribution in [0.4, 0.5) is 0 Å². The molecule has 1 heterocycles. The Morgan fingerprint density at radius 1 is 0.871 bits per heavy atom. The first kappa shape index (κ1) is 21.5. The van der Waals surface area contributed by atoms with Gasteiger partial charge in [0.15, 0.2) is 0 Å². The molecule has 1 N–H and O–H groups in total. The Labute approximate surface area is 192 Å². The molecule has 31 heavy (non-hydrogen) atoms. The van der Waals surface area contributed by atoms with Gasteiger partial charge in [0.05, 0.1) is 24.8 Å². The molecule has 0 aromatic heterocycles. The van der Waals surface area contributed by atoms with Gasteiger partial charge in [0.25, 0.3) is 0 Å². The van der Waals surface area contributed by atoms with Gasteiger partial charge < -0.3 is 14.8 Å². The van der Waals surface area contributed by atoms with Crippen molar-refractivity contribution < 1.29 is 9.47 Å². The molecule has 0 radical (unpaired) electrons. The van der Waals surface area contributed by atoms with Gasteiger partial charge in [-0.2, -0.15) is 0 Å². The van der Waals surface area contributed by atoms with Crippen LogP contribution < -0.4 is 14.8 Å². The minimum atomic E-state index is -0.133. The number of rotatable bonds is 6. The lowest BCUT2D eigenvalue weighted by Crippen LogP contribution is -2.26. The van der Waals surface area contributed by atoms with Crippen molar-refractivity contribution in [3.8, 4) is 11.5 Å². The molecule has 0 bridgehead atoms. The average Bonchev–Trinajstić information content (AvgIpc) is 3.20. The van der Waals surface area contributed by atoms with E-state index in [9.17, 15) is 0 Å². The van der Waals surface area contributed by atoms with Crippen LogP contribution >= 0.6 is 23.2 Å². The van der Waals surface area contributed by atoms with Crippen molar-refractivity contribution in [2.45, 2.75) is 32.0 Å². The van der Waals surface area contributed by atoms with Crippen LogP contribution in [-0.4, -0.2) is 19.0 Å². The fraction of sp³-hybridized carbons (Fsp3) is 0.240. The minimum Gasteiger partial charge on any atom is -0.497 e. The number of methoxy groups -OCH3 is 1. The molecule has 0 fully saturated rings. The summed E-state index contributed by atoms with van der Waals surface area (Å²) in [6.45, 7) is 4.01. The van der Waals surface area contributed by atoms with Crippen molar-refractivity contribution in [2.75, 3.05) is 7.11 Å². The Kier molecular flexibility index (Phi) is 6.40. The van der Waals surface area contributed by atoms with Gasteiger partial charge in [0.1, 0.15) is 23.4 Å². The van der Waals surface area contributed by atoms with Crippen LogP contribution in [0.15, 0.2) is 71.7 Å². The smallest absolute Gasteiger partial charge is 0.133 e. The normalized spacial score (nSPS) is 17.9. The van der Waals surface area contributed by atoms with E-state index in [-0.39, 0.29) is 18.2 Å². The first-order chi connectivity index (χ1) is 14.9. The molecule has 0 saturated carbocycles. The van der Waals surface area contributed by atoms with E-state index in [1.54, 1.807) is 7.11 Å². The molecule has 4 nitrogen and oxygen atoms in total. The second-order valence-electron chi connectivity index (χ2n) is 7.68. The van der Waals surface area contributed by atoms with E-state index in [0.29, 0.717) is 10.0 Å². The van der Waals surface area contributed by atoms with Gasteiger partial charge in [0.2, 0.25) is 0 Å². The summed E-state index contributed by atoms with van der Waals surface area (Å²) in [5.41, 5.74) is 3.03. The molecule has 4 rings (SSSR count). The van der Waals surface area contributed by atoms with E-state index in [4.69, 9.17) is 37.7 Å². The van der Waals surface area contributed by atoms with Crippen LogP contribution in [0, 0.1) is 0 Å². The van der Waals surface area contributed by atoms with Gasteiger partial charge >= 0.3 is 0 Å². The fourth-order valence-corrected chi connectivity index (χ4v) is 3.92. The molecular weight excluding hydrogens is 431 g/mol. The van der Waals surface area contributed by atoms with Gasteiger partial charge in [-0.15, -0.1) is 0 Å². The van der Waals surface area contributed by atoms with E-state index in [2.05, 4.69) is 5.32 Å².